The lowest BCUT2D eigenvalue weighted by molar-refractivity contribution is 0.624. The molecule has 0 aliphatic carbocycles. The van der Waals surface area contributed by atoms with Crippen LogP contribution < -0.4 is 10.6 Å². The van der Waals surface area contributed by atoms with Gasteiger partial charge in [-0.1, -0.05) is 12.1 Å². The minimum absolute atomic E-state index is 0.177. The van der Waals surface area contributed by atoms with E-state index in [0.717, 1.165) is 36.8 Å². The molecule has 6 nitrogen and oxygen atoms in total. The molecule has 0 radical (unpaired) electrons. The summed E-state index contributed by atoms with van der Waals surface area (Å²) in [6, 6.07) is 8.22. The van der Waals surface area contributed by atoms with E-state index in [1.807, 2.05) is 45.9 Å². The van der Waals surface area contributed by atoms with E-state index in [1.54, 1.807) is 7.05 Å². The first-order valence-corrected chi connectivity index (χ1v) is 10.4. The molecule has 7 heteroatoms. The van der Waals surface area contributed by atoms with E-state index in [9.17, 15) is 4.21 Å². The lowest BCUT2D eigenvalue weighted by Crippen LogP contribution is -2.40. The van der Waals surface area contributed by atoms with E-state index >= 15 is 0 Å². The molecule has 0 aliphatic heterocycles. The molecule has 2 rings (SSSR count). The van der Waals surface area contributed by atoms with Crippen molar-refractivity contribution >= 4 is 27.8 Å². The third-order valence-electron chi connectivity index (χ3n) is 4.18. The number of guanidine groups is 1. The van der Waals surface area contributed by atoms with Gasteiger partial charge in [0.15, 0.2) is 5.96 Å². The Labute approximate surface area is 159 Å². The molecule has 0 saturated heterocycles. The van der Waals surface area contributed by atoms with E-state index in [4.69, 9.17) is 0 Å². The van der Waals surface area contributed by atoms with Crippen molar-refractivity contribution in [3.05, 3.63) is 30.1 Å². The molecule has 1 heterocycles. The molecule has 0 amide bonds. The molecule has 0 fully saturated rings. The highest BCUT2D eigenvalue weighted by molar-refractivity contribution is 7.86. The Morgan fingerprint density at radius 1 is 1.23 bits per heavy atom. The normalized spacial score (nSPS) is 13.8. The maximum Gasteiger partial charge on any atom is 0.191 e. The van der Waals surface area contributed by atoms with Crippen LogP contribution in [0.15, 0.2) is 29.3 Å². The van der Waals surface area contributed by atoms with Gasteiger partial charge in [0.05, 0.1) is 11.0 Å². The van der Waals surface area contributed by atoms with Crippen LogP contribution in [0.3, 0.4) is 0 Å². The number of imidazole rings is 1. The molecule has 0 bridgehead atoms. The molecule has 1 aromatic carbocycles. The van der Waals surface area contributed by atoms with Crippen molar-refractivity contribution in [1.82, 2.24) is 20.2 Å². The summed E-state index contributed by atoms with van der Waals surface area (Å²) < 4.78 is 14.1. The summed E-state index contributed by atoms with van der Waals surface area (Å²) in [5, 5.41) is 6.55. The number of benzene rings is 1. The van der Waals surface area contributed by atoms with Gasteiger partial charge in [0, 0.05) is 48.0 Å². The lowest BCUT2D eigenvalue weighted by atomic mass is 10.3. The fraction of sp³-hybridized carbons (Fsp3) is 0.579. The van der Waals surface area contributed by atoms with Gasteiger partial charge < -0.3 is 15.2 Å². The highest BCUT2D eigenvalue weighted by Crippen LogP contribution is 2.15. The number of rotatable bonds is 7. The van der Waals surface area contributed by atoms with Gasteiger partial charge in [-0.3, -0.25) is 9.20 Å². The Hall–Kier alpha value is -1.89. The van der Waals surface area contributed by atoms with Crippen molar-refractivity contribution in [2.24, 2.45) is 4.99 Å². The topological polar surface area (TPSA) is 71.3 Å². The van der Waals surface area contributed by atoms with Gasteiger partial charge in [-0.2, -0.15) is 0 Å². The number of para-hydroxylation sites is 2. The van der Waals surface area contributed by atoms with E-state index in [2.05, 4.69) is 31.2 Å². The van der Waals surface area contributed by atoms with Gasteiger partial charge in [0.1, 0.15) is 5.82 Å². The van der Waals surface area contributed by atoms with Crippen LogP contribution in [0.4, 0.5) is 0 Å². The van der Waals surface area contributed by atoms with Gasteiger partial charge in [-0.15, -0.1) is 0 Å². The fourth-order valence-corrected chi connectivity index (χ4v) is 3.61. The Kier molecular flexibility index (Phi) is 7.20. The number of nitrogens with one attached hydrogen (secondary N) is 2. The van der Waals surface area contributed by atoms with Crippen LogP contribution in [0.2, 0.25) is 0 Å². The number of hydrogen-bond donors (Lipinski definition) is 2. The average molecular weight is 378 g/mol. The van der Waals surface area contributed by atoms with Gasteiger partial charge in [-0.05, 0) is 46.2 Å². The zero-order valence-corrected chi connectivity index (χ0v) is 17.3. The average Bonchev–Trinajstić information content (AvgIpc) is 2.91. The zero-order valence-electron chi connectivity index (χ0n) is 16.5. The molecule has 2 aromatic rings. The molecule has 0 saturated carbocycles. The van der Waals surface area contributed by atoms with E-state index < -0.39 is 10.8 Å². The van der Waals surface area contributed by atoms with Crippen molar-refractivity contribution in [2.75, 3.05) is 25.9 Å². The molecule has 1 unspecified atom stereocenters. The smallest absolute Gasteiger partial charge is 0.191 e. The van der Waals surface area contributed by atoms with E-state index in [-0.39, 0.29) is 4.75 Å². The monoisotopic (exact) mass is 377 g/mol. The van der Waals surface area contributed by atoms with Crippen LogP contribution in [0.1, 0.15) is 33.0 Å². The Morgan fingerprint density at radius 2 is 1.92 bits per heavy atom. The molecule has 0 aliphatic rings. The minimum atomic E-state index is -0.855. The highest BCUT2D eigenvalue weighted by Gasteiger charge is 2.18. The molecule has 26 heavy (non-hydrogen) atoms. The number of fused-ring (bicyclic) bond motifs is 1. The van der Waals surface area contributed by atoms with E-state index in [0.29, 0.717) is 12.3 Å². The molecule has 1 aromatic heterocycles. The number of nitrogens with zero attached hydrogens (tertiary/aromatic N) is 3. The van der Waals surface area contributed by atoms with Crippen LogP contribution in [0.25, 0.3) is 11.0 Å². The molecule has 0 spiro atoms. The first kappa shape index (κ1) is 20.4. The van der Waals surface area contributed by atoms with Gasteiger partial charge in [0.25, 0.3) is 0 Å². The van der Waals surface area contributed by atoms with Gasteiger partial charge in [0.2, 0.25) is 0 Å². The number of aliphatic imine (C=N–C) groups is 1. The van der Waals surface area contributed by atoms with Crippen LogP contribution >= 0.6 is 0 Å². The summed E-state index contributed by atoms with van der Waals surface area (Å²) in [5.41, 5.74) is 2.22. The van der Waals surface area contributed by atoms with Crippen LogP contribution in [0, 0.1) is 6.92 Å². The number of aryl methyl sites for hydroxylation is 2. The maximum absolute atomic E-state index is 12.1. The molecular formula is C19H31N5OS. The second kappa shape index (κ2) is 9.16. The van der Waals surface area contributed by atoms with Crippen molar-refractivity contribution in [1.29, 1.82) is 0 Å². The first-order chi connectivity index (χ1) is 12.3. The molecule has 2 N–H and O–H groups in total. The predicted molar refractivity (Wildman–Crippen MR) is 111 cm³/mol. The molecular weight excluding hydrogens is 346 g/mol. The second-order valence-corrected chi connectivity index (χ2v) is 9.56. The van der Waals surface area contributed by atoms with Crippen molar-refractivity contribution in [3.8, 4) is 0 Å². The Morgan fingerprint density at radius 3 is 2.62 bits per heavy atom. The lowest BCUT2D eigenvalue weighted by Gasteiger charge is -2.18. The van der Waals surface area contributed by atoms with Crippen molar-refractivity contribution in [3.63, 3.8) is 0 Å². The summed E-state index contributed by atoms with van der Waals surface area (Å²) in [6.45, 7) is 10.4. The summed E-state index contributed by atoms with van der Waals surface area (Å²) in [6.07, 6.45) is 0.968. The van der Waals surface area contributed by atoms with Gasteiger partial charge in [-0.25, -0.2) is 4.98 Å². The van der Waals surface area contributed by atoms with E-state index in [1.165, 1.54) is 5.52 Å². The zero-order chi connectivity index (χ0) is 19.2. The van der Waals surface area contributed by atoms with Crippen LogP contribution in [-0.2, 0) is 17.3 Å². The highest BCUT2D eigenvalue weighted by atomic mass is 32.2. The minimum Gasteiger partial charge on any atom is -0.356 e. The number of aromatic nitrogens is 2. The predicted octanol–water partition coefficient (Wildman–Crippen LogP) is 2.45. The van der Waals surface area contributed by atoms with Crippen LogP contribution in [0.5, 0.6) is 0 Å². The Balaban J connectivity index is 1.76. The quantitative estimate of drug-likeness (QED) is 0.442. The van der Waals surface area contributed by atoms with Crippen LogP contribution in [-0.4, -0.2) is 50.4 Å². The standard InChI is InChI=1S/C19H31N5OS/c1-15-23-16-9-6-7-10-17(16)24(15)13-8-11-21-18(20-5)22-12-14-26(25)19(2,3)4/h6-7,9-10H,8,11-14H2,1-5H3,(H2,20,21,22). The van der Waals surface area contributed by atoms with Crippen molar-refractivity contribution < 1.29 is 4.21 Å². The summed E-state index contributed by atoms with van der Waals surface area (Å²) >= 11 is 0. The first-order valence-electron chi connectivity index (χ1n) is 9.08. The summed E-state index contributed by atoms with van der Waals surface area (Å²) in [5.74, 6) is 2.41. The van der Waals surface area contributed by atoms with Gasteiger partial charge >= 0.3 is 0 Å². The molecule has 1 atom stereocenters. The SMILES string of the molecule is CN=C(NCCCn1c(C)nc2ccccc21)NCCS(=O)C(C)(C)C. The third-order valence-corrected chi connectivity index (χ3v) is 6.12. The summed E-state index contributed by atoms with van der Waals surface area (Å²) in [7, 11) is 0.898. The third kappa shape index (κ3) is 5.56. The molecule has 144 valence electrons. The summed E-state index contributed by atoms with van der Waals surface area (Å²) in [4.78, 5) is 8.82. The van der Waals surface area contributed by atoms with Crippen molar-refractivity contribution in [2.45, 2.75) is 45.4 Å². The maximum atomic E-state index is 12.1. The fourth-order valence-electron chi connectivity index (χ4n) is 2.71. The second-order valence-electron chi connectivity index (χ2n) is 7.24. The number of hydrogen-bond acceptors (Lipinski definition) is 3. The largest absolute Gasteiger partial charge is 0.356 e. The Bertz CT molecular complexity index is 776.